The van der Waals surface area contributed by atoms with Gasteiger partial charge in [0.15, 0.2) is 0 Å². The highest BCUT2D eigenvalue weighted by molar-refractivity contribution is 5.80. The Morgan fingerprint density at radius 2 is 1.68 bits per heavy atom. The maximum atomic E-state index is 13.8. The largest absolute Gasteiger partial charge is 0.416 e. The van der Waals surface area contributed by atoms with Gasteiger partial charge in [0.2, 0.25) is 5.91 Å². The van der Waals surface area contributed by atoms with Gasteiger partial charge in [-0.05, 0) is 73.2 Å². The van der Waals surface area contributed by atoms with E-state index in [1.807, 2.05) is 0 Å². The number of aliphatic hydroxyl groups excluding tert-OH is 1. The lowest BCUT2D eigenvalue weighted by molar-refractivity contribution is -0.143. The van der Waals surface area contributed by atoms with E-state index in [4.69, 9.17) is 5.11 Å². The first kappa shape index (κ1) is 31.2. The summed E-state index contributed by atoms with van der Waals surface area (Å²) in [5.74, 6) is -1.29. The predicted molar refractivity (Wildman–Crippen MR) is 131 cm³/mol. The van der Waals surface area contributed by atoms with Gasteiger partial charge in [-0.1, -0.05) is 6.07 Å². The maximum absolute atomic E-state index is 13.8. The third kappa shape index (κ3) is 7.64. The number of halogens is 7. The second-order valence-electron chi connectivity index (χ2n) is 9.85. The zero-order valence-electron chi connectivity index (χ0n) is 21.9. The lowest BCUT2D eigenvalue weighted by atomic mass is 9.85. The number of amides is 3. The molecule has 1 aliphatic rings. The van der Waals surface area contributed by atoms with E-state index >= 15 is 0 Å². The lowest BCUT2D eigenvalue weighted by Crippen LogP contribution is -2.49. The smallest absolute Gasteiger partial charge is 0.396 e. The molecule has 0 saturated carbocycles. The molecule has 0 aromatic heterocycles. The van der Waals surface area contributed by atoms with Crippen LogP contribution in [0.1, 0.15) is 53.1 Å². The van der Waals surface area contributed by atoms with E-state index in [2.05, 4.69) is 5.32 Å². The molecule has 2 aromatic carbocycles. The highest BCUT2D eigenvalue weighted by Gasteiger charge is 2.39. The van der Waals surface area contributed by atoms with Crippen LogP contribution < -0.4 is 5.32 Å². The molecule has 1 fully saturated rings. The van der Waals surface area contributed by atoms with Gasteiger partial charge in [0.05, 0.1) is 17.2 Å². The second-order valence-corrected chi connectivity index (χ2v) is 9.85. The van der Waals surface area contributed by atoms with Gasteiger partial charge in [0, 0.05) is 39.2 Å². The first-order chi connectivity index (χ1) is 18.6. The van der Waals surface area contributed by atoms with Crippen molar-refractivity contribution in [3.8, 4) is 0 Å². The van der Waals surface area contributed by atoms with Crippen molar-refractivity contribution in [1.82, 2.24) is 15.1 Å². The van der Waals surface area contributed by atoms with Gasteiger partial charge in [-0.3, -0.25) is 4.79 Å². The van der Waals surface area contributed by atoms with Gasteiger partial charge in [0.25, 0.3) is 0 Å². The molecule has 2 atom stereocenters. The number of hydrogen-bond donors (Lipinski definition) is 2. The normalized spacial score (nSPS) is 18.0. The third-order valence-electron chi connectivity index (χ3n) is 6.84. The number of likely N-dealkylation sites (tertiary alicyclic amines) is 1. The van der Waals surface area contributed by atoms with Crippen molar-refractivity contribution >= 4 is 11.9 Å². The molecule has 3 amide bonds. The quantitative estimate of drug-likeness (QED) is 0.329. The number of nitrogens with one attached hydrogen (secondary N) is 1. The Kier molecular flexibility index (Phi) is 9.70. The number of alkyl halides is 6. The van der Waals surface area contributed by atoms with E-state index in [1.165, 1.54) is 30.1 Å². The van der Waals surface area contributed by atoms with E-state index in [-0.39, 0.29) is 50.1 Å². The van der Waals surface area contributed by atoms with Crippen LogP contribution in [-0.2, 0) is 23.7 Å². The van der Waals surface area contributed by atoms with Crippen molar-refractivity contribution in [3.63, 3.8) is 0 Å². The van der Waals surface area contributed by atoms with Crippen LogP contribution in [0.5, 0.6) is 0 Å². The van der Waals surface area contributed by atoms with E-state index in [9.17, 15) is 40.3 Å². The lowest BCUT2D eigenvalue weighted by Gasteiger charge is -2.41. The number of nitrogens with zero attached hydrogens (tertiary/aromatic N) is 2. The Bertz CT molecular complexity index is 1180. The van der Waals surface area contributed by atoms with Gasteiger partial charge in [0.1, 0.15) is 5.82 Å². The summed E-state index contributed by atoms with van der Waals surface area (Å²) < 4.78 is 93.6. The van der Waals surface area contributed by atoms with Gasteiger partial charge < -0.3 is 20.2 Å². The Morgan fingerprint density at radius 3 is 2.23 bits per heavy atom. The molecule has 6 nitrogen and oxygen atoms in total. The standard InChI is InChI=1S/C27H30F7N3O3/c1-16-10-21(28)4-5-22(16)23-13-18(24(39)35-7-3-9-38)6-8-37(23)25(40)36(2)15-17-11-19(26(29,30)31)14-20(12-17)27(32,33)34/h4-5,10-12,14,18,23,38H,3,6-9,13,15H2,1-2H3,(H,35,39)/t18-,23+/m0/s1. The molecule has 0 bridgehead atoms. The minimum Gasteiger partial charge on any atom is -0.396 e. The number of benzene rings is 2. The number of aryl methyl sites for hydroxylation is 1. The third-order valence-corrected chi connectivity index (χ3v) is 6.84. The molecule has 0 spiro atoms. The maximum Gasteiger partial charge on any atom is 0.416 e. The number of carbonyl (C=O) groups excluding carboxylic acids is 2. The Labute approximate surface area is 226 Å². The SMILES string of the molecule is Cc1cc(F)ccc1[C@H]1C[C@@H](C(=O)NCCCO)CCN1C(=O)N(C)Cc1cc(C(F)(F)F)cc(C(F)(F)F)c1. The number of piperidine rings is 1. The Balaban J connectivity index is 1.89. The molecule has 40 heavy (non-hydrogen) atoms. The number of carbonyl (C=O) groups is 2. The summed E-state index contributed by atoms with van der Waals surface area (Å²) in [6.07, 6.45) is -9.27. The summed E-state index contributed by atoms with van der Waals surface area (Å²) in [5, 5.41) is 11.7. The molecule has 0 radical (unpaired) electrons. The summed E-state index contributed by atoms with van der Waals surface area (Å²) in [6.45, 7) is 1.32. The number of aliphatic hydroxyl groups is 1. The van der Waals surface area contributed by atoms with E-state index in [0.29, 0.717) is 29.7 Å². The molecule has 0 unspecified atom stereocenters. The molecular weight excluding hydrogens is 547 g/mol. The first-order valence-electron chi connectivity index (χ1n) is 12.6. The van der Waals surface area contributed by atoms with Crippen LogP contribution >= 0.6 is 0 Å². The van der Waals surface area contributed by atoms with Crippen LogP contribution in [0.2, 0.25) is 0 Å². The monoisotopic (exact) mass is 577 g/mol. The summed E-state index contributed by atoms with van der Waals surface area (Å²) in [6, 6.07) is 3.77. The van der Waals surface area contributed by atoms with Crippen LogP contribution in [0.25, 0.3) is 0 Å². The highest BCUT2D eigenvalue weighted by atomic mass is 19.4. The Hall–Kier alpha value is -3.35. The molecular formula is C27H30F7N3O3. The topological polar surface area (TPSA) is 72.9 Å². The fourth-order valence-corrected chi connectivity index (χ4v) is 4.85. The molecule has 1 aliphatic heterocycles. The molecule has 13 heteroatoms. The fourth-order valence-electron chi connectivity index (χ4n) is 4.85. The van der Waals surface area contributed by atoms with Crippen molar-refractivity contribution in [3.05, 3.63) is 70.0 Å². The van der Waals surface area contributed by atoms with Crippen LogP contribution in [0.4, 0.5) is 35.5 Å². The molecule has 1 heterocycles. The second kappa shape index (κ2) is 12.4. The molecule has 2 N–H and O–H groups in total. The van der Waals surface area contributed by atoms with Crippen molar-refractivity contribution in [2.45, 2.75) is 51.1 Å². The minimum absolute atomic E-state index is 0.0229. The highest BCUT2D eigenvalue weighted by Crippen LogP contribution is 2.38. The van der Waals surface area contributed by atoms with Crippen molar-refractivity contribution in [1.29, 1.82) is 0 Å². The average molecular weight is 578 g/mol. The summed E-state index contributed by atoms with van der Waals surface area (Å²) in [5.41, 5.74) is -2.24. The predicted octanol–water partition coefficient (Wildman–Crippen LogP) is 5.68. The molecule has 1 saturated heterocycles. The average Bonchev–Trinajstić information content (AvgIpc) is 2.87. The number of hydrogen-bond acceptors (Lipinski definition) is 3. The number of rotatable bonds is 7. The van der Waals surface area contributed by atoms with E-state index in [0.717, 1.165) is 4.90 Å². The fraction of sp³-hybridized carbons (Fsp3) is 0.481. The molecule has 0 aliphatic carbocycles. The van der Waals surface area contributed by atoms with Crippen LogP contribution in [0.3, 0.4) is 0 Å². The van der Waals surface area contributed by atoms with Gasteiger partial charge in [-0.15, -0.1) is 0 Å². The summed E-state index contributed by atoms with van der Waals surface area (Å²) in [7, 11) is 1.26. The van der Waals surface area contributed by atoms with Crippen LogP contribution in [-0.4, -0.2) is 53.6 Å². The van der Waals surface area contributed by atoms with Crippen LogP contribution in [0, 0.1) is 18.7 Å². The molecule has 3 rings (SSSR count). The van der Waals surface area contributed by atoms with E-state index < -0.39 is 53.8 Å². The van der Waals surface area contributed by atoms with Crippen molar-refractivity contribution in [2.75, 3.05) is 26.7 Å². The first-order valence-corrected chi connectivity index (χ1v) is 12.6. The minimum atomic E-state index is -5.02. The zero-order valence-corrected chi connectivity index (χ0v) is 21.9. The number of urea groups is 1. The molecule has 220 valence electrons. The van der Waals surface area contributed by atoms with Crippen molar-refractivity contribution in [2.24, 2.45) is 5.92 Å². The van der Waals surface area contributed by atoms with E-state index in [1.54, 1.807) is 6.92 Å². The van der Waals surface area contributed by atoms with Crippen molar-refractivity contribution < 1.29 is 45.4 Å². The van der Waals surface area contributed by atoms with Gasteiger partial charge in [-0.25, -0.2) is 9.18 Å². The summed E-state index contributed by atoms with van der Waals surface area (Å²) >= 11 is 0. The Morgan fingerprint density at radius 1 is 1.05 bits per heavy atom. The summed E-state index contributed by atoms with van der Waals surface area (Å²) in [4.78, 5) is 28.7. The zero-order chi connectivity index (χ0) is 29.8. The van der Waals surface area contributed by atoms with Crippen LogP contribution in [0.15, 0.2) is 36.4 Å². The van der Waals surface area contributed by atoms with Gasteiger partial charge in [-0.2, -0.15) is 26.3 Å². The molecule has 2 aromatic rings. The van der Waals surface area contributed by atoms with Gasteiger partial charge >= 0.3 is 18.4 Å².